The normalized spacial score (nSPS) is 10.0. The molecule has 1 aromatic rings. The van der Waals surface area contributed by atoms with E-state index in [1.54, 1.807) is 19.2 Å². The summed E-state index contributed by atoms with van der Waals surface area (Å²) in [6.45, 7) is 3.75. The number of carbonyl (C=O) groups excluding carboxylic acids is 1. The maximum atomic E-state index is 11.7. The Labute approximate surface area is 113 Å². The first kappa shape index (κ1) is 14.9. The average Bonchev–Trinajstić information content (AvgIpc) is 2.37. The first-order valence-electron chi connectivity index (χ1n) is 5.89. The maximum Gasteiger partial charge on any atom is 0.319 e. The van der Waals surface area contributed by atoms with E-state index in [-0.39, 0.29) is 12.1 Å². The van der Waals surface area contributed by atoms with Gasteiger partial charge < -0.3 is 24.8 Å². The smallest absolute Gasteiger partial charge is 0.319 e. The molecule has 0 radical (unpaired) electrons. The molecular formula is C13H20N2O4. The number of hydrogen-bond acceptors (Lipinski definition) is 4. The van der Waals surface area contributed by atoms with Crippen LogP contribution in [-0.2, 0) is 0 Å². The van der Waals surface area contributed by atoms with Gasteiger partial charge in [0.2, 0.25) is 0 Å². The van der Waals surface area contributed by atoms with Gasteiger partial charge in [-0.25, -0.2) is 4.79 Å². The van der Waals surface area contributed by atoms with E-state index in [1.165, 1.54) is 14.2 Å². The molecule has 19 heavy (non-hydrogen) atoms. The highest BCUT2D eigenvalue weighted by Gasteiger charge is 2.16. The van der Waals surface area contributed by atoms with Gasteiger partial charge >= 0.3 is 6.03 Å². The van der Waals surface area contributed by atoms with Gasteiger partial charge in [0, 0.05) is 18.2 Å². The Morgan fingerprint density at radius 1 is 1.05 bits per heavy atom. The lowest BCUT2D eigenvalue weighted by atomic mass is 10.2. The van der Waals surface area contributed by atoms with E-state index in [2.05, 4.69) is 10.6 Å². The molecule has 0 atom stereocenters. The highest BCUT2D eigenvalue weighted by molar-refractivity contribution is 5.93. The Balaban J connectivity index is 3.06. The predicted octanol–water partition coefficient (Wildman–Crippen LogP) is 2.24. The summed E-state index contributed by atoms with van der Waals surface area (Å²) >= 11 is 0. The number of carbonyl (C=O) groups is 1. The van der Waals surface area contributed by atoms with Gasteiger partial charge in [-0.3, -0.25) is 0 Å². The van der Waals surface area contributed by atoms with Crippen LogP contribution in [0.5, 0.6) is 17.2 Å². The molecule has 0 spiro atoms. The second kappa shape index (κ2) is 6.72. The second-order valence-corrected chi connectivity index (χ2v) is 4.16. The molecular weight excluding hydrogens is 248 g/mol. The molecule has 0 aromatic heterocycles. The van der Waals surface area contributed by atoms with E-state index in [1.807, 2.05) is 13.8 Å². The Bertz CT molecular complexity index is 421. The number of amides is 2. The van der Waals surface area contributed by atoms with Crippen molar-refractivity contribution in [2.24, 2.45) is 0 Å². The maximum absolute atomic E-state index is 11.7. The number of urea groups is 1. The van der Waals surface area contributed by atoms with E-state index in [9.17, 15) is 4.79 Å². The van der Waals surface area contributed by atoms with Gasteiger partial charge in [-0.15, -0.1) is 0 Å². The van der Waals surface area contributed by atoms with Gasteiger partial charge in [0.05, 0.1) is 21.3 Å². The Hall–Kier alpha value is -2.11. The summed E-state index contributed by atoms with van der Waals surface area (Å²) in [4.78, 5) is 11.7. The number of methoxy groups -OCH3 is 3. The summed E-state index contributed by atoms with van der Waals surface area (Å²) in [6, 6.07) is 3.06. The number of hydrogen-bond donors (Lipinski definition) is 2. The summed E-state index contributed by atoms with van der Waals surface area (Å²) in [5, 5.41) is 5.44. The van der Waals surface area contributed by atoms with Crippen LogP contribution in [0.2, 0.25) is 0 Å². The van der Waals surface area contributed by atoms with Crippen LogP contribution in [0.4, 0.5) is 10.5 Å². The highest BCUT2D eigenvalue weighted by atomic mass is 16.5. The number of rotatable bonds is 5. The zero-order valence-electron chi connectivity index (χ0n) is 11.9. The predicted molar refractivity (Wildman–Crippen MR) is 73.4 cm³/mol. The zero-order valence-corrected chi connectivity index (χ0v) is 11.9. The Kier molecular flexibility index (Phi) is 5.29. The summed E-state index contributed by atoms with van der Waals surface area (Å²) in [6.07, 6.45) is 0. The van der Waals surface area contributed by atoms with Crippen molar-refractivity contribution in [2.75, 3.05) is 26.6 Å². The van der Waals surface area contributed by atoms with Crippen LogP contribution in [0.15, 0.2) is 12.1 Å². The quantitative estimate of drug-likeness (QED) is 0.859. The lowest BCUT2D eigenvalue weighted by molar-refractivity contribution is 0.249. The van der Waals surface area contributed by atoms with Gasteiger partial charge in [0.25, 0.3) is 0 Å². The molecule has 1 rings (SSSR count). The first-order valence-corrected chi connectivity index (χ1v) is 5.89. The second-order valence-electron chi connectivity index (χ2n) is 4.16. The van der Waals surface area contributed by atoms with Crippen LogP contribution in [-0.4, -0.2) is 33.4 Å². The molecule has 0 saturated carbocycles. The van der Waals surface area contributed by atoms with Gasteiger partial charge in [-0.1, -0.05) is 0 Å². The fraction of sp³-hybridized carbons (Fsp3) is 0.462. The van der Waals surface area contributed by atoms with Crippen molar-refractivity contribution in [1.29, 1.82) is 0 Å². The molecule has 0 bridgehead atoms. The largest absolute Gasteiger partial charge is 0.496 e. The third kappa shape index (κ3) is 3.94. The van der Waals surface area contributed by atoms with E-state index < -0.39 is 0 Å². The number of anilines is 1. The van der Waals surface area contributed by atoms with E-state index >= 15 is 0 Å². The molecule has 1 aromatic carbocycles. The van der Waals surface area contributed by atoms with Crippen LogP contribution >= 0.6 is 0 Å². The van der Waals surface area contributed by atoms with Gasteiger partial charge in [0.15, 0.2) is 0 Å². The lowest BCUT2D eigenvalue weighted by Crippen LogP contribution is -2.34. The number of ether oxygens (including phenoxy) is 3. The molecule has 0 heterocycles. The minimum absolute atomic E-state index is 0.0373. The fourth-order valence-electron chi connectivity index (χ4n) is 1.54. The average molecular weight is 268 g/mol. The van der Waals surface area contributed by atoms with E-state index in [0.29, 0.717) is 22.9 Å². The molecule has 6 heteroatoms. The van der Waals surface area contributed by atoms with Crippen LogP contribution in [0.3, 0.4) is 0 Å². The molecule has 0 unspecified atom stereocenters. The molecule has 2 amide bonds. The molecule has 0 aliphatic rings. The molecule has 0 aliphatic heterocycles. The van der Waals surface area contributed by atoms with Crippen LogP contribution in [0.1, 0.15) is 13.8 Å². The van der Waals surface area contributed by atoms with Crippen LogP contribution in [0, 0.1) is 0 Å². The monoisotopic (exact) mass is 268 g/mol. The minimum atomic E-state index is -0.322. The highest BCUT2D eigenvalue weighted by Crippen LogP contribution is 2.38. The molecule has 0 fully saturated rings. The zero-order chi connectivity index (χ0) is 14.4. The molecule has 2 N–H and O–H groups in total. The van der Waals surface area contributed by atoms with Gasteiger partial charge in [0.1, 0.15) is 22.9 Å². The molecule has 106 valence electrons. The molecule has 0 saturated heterocycles. The standard InChI is InChI=1S/C13H20N2O4/c1-8(2)14-13(16)15-12-10(18-4)6-9(17-3)7-11(12)19-5/h6-8H,1-5H3,(H2,14,15,16). The molecule has 0 aliphatic carbocycles. The topological polar surface area (TPSA) is 68.8 Å². The minimum Gasteiger partial charge on any atom is -0.496 e. The van der Waals surface area contributed by atoms with Crippen molar-refractivity contribution < 1.29 is 19.0 Å². The van der Waals surface area contributed by atoms with Crippen molar-refractivity contribution in [1.82, 2.24) is 5.32 Å². The molecule has 6 nitrogen and oxygen atoms in total. The van der Waals surface area contributed by atoms with Crippen molar-refractivity contribution in [3.63, 3.8) is 0 Å². The summed E-state index contributed by atoms with van der Waals surface area (Å²) in [7, 11) is 4.58. The van der Waals surface area contributed by atoms with E-state index in [0.717, 1.165) is 0 Å². The van der Waals surface area contributed by atoms with Gasteiger partial charge in [-0.05, 0) is 13.8 Å². The SMILES string of the molecule is COc1cc(OC)c(NC(=O)NC(C)C)c(OC)c1. The number of benzene rings is 1. The van der Waals surface area contributed by atoms with Crippen molar-refractivity contribution in [3.8, 4) is 17.2 Å². The summed E-state index contributed by atoms with van der Waals surface area (Å²) < 4.78 is 15.6. The van der Waals surface area contributed by atoms with Crippen molar-refractivity contribution in [2.45, 2.75) is 19.9 Å². The Morgan fingerprint density at radius 3 is 1.95 bits per heavy atom. The third-order valence-corrected chi connectivity index (χ3v) is 2.37. The van der Waals surface area contributed by atoms with Crippen molar-refractivity contribution in [3.05, 3.63) is 12.1 Å². The lowest BCUT2D eigenvalue weighted by Gasteiger charge is -2.17. The number of nitrogens with one attached hydrogen (secondary N) is 2. The third-order valence-electron chi connectivity index (χ3n) is 2.37. The first-order chi connectivity index (χ1) is 9.01. The van der Waals surface area contributed by atoms with Crippen molar-refractivity contribution >= 4 is 11.7 Å². The fourth-order valence-corrected chi connectivity index (χ4v) is 1.54. The van der Waals surface area contributed by atoms with E-state index in [4.69, 9.17) is 14.2 Å². The summed E-state index contributed by atoms with van der Waals surface area (Å²) in [5.41, 5.74) is 0.462. The Morgan fingerprint density at radius 2 is 1.58 bits per heavy atom. The van der Waals surface area contributed by atoms with Crippen LogP contribution in [0.25, 0.3) is 0 Å². The summed E-state index contributed by atoms with van der Waals surface area (Å²) in [5.74, 6) is 1.52. The van der Waals surface area contributed by atoms with Gasteiger partial charge in [-0.2, -0.15) is 0 Å². The van der Waals surface area contributed by atoms with Crippen LogP contribution < -0.4 is 24.8 Å².